The van der Waals surface area contributed by atoms with E-state index >= 15 is 0 Å². The molecule has 104 valence electrons. The van der Waals surface area contributed by atoms with Crippen LogP contribution in [0.25, 0.3) is 0 Å². The van der Waals surface area contributed by atoms with Gasteiger partial charge in [0.25, 0.3) is 0 Å². The molecular formula is C15H20BrNO2. The molecule has 0 aromatic heterocycles. The standard InChI is InChI=1S/C15H20BrNO2/c1-8-6-5-7-12(14(8)16)17-15(18)13-9(2)10(3)19-11(13)4/h5-7,9-11,13H,1-4H3,(H,17,18). The van der Waals surface area contributed by atoms with Crippen molar-refractivity contribution in [3.63, 3.8) is 0 Å². The highest BCUT2D eigenvalue weighted by atomic mass is 79.9. The van der Waals surface area contributed by atoms with Gasteiger partial charge in [-0.25, -0.2) is 0 Å². The summed E-state index contributed by atoms with van der Waals surface area (Å²) in [6.45, 7) is 8.07. The molecule has 4 unspecified atom stereocenters. The molecule has 4 atom stereocenters. The molecule has 0 spiro atoms. The van der Waals surface area contributed by atoms with Gasteiger partial charge in [0, 0.05) is 4.47 Å². The molecular weight excluding hydrogens is 306 g/mol. The third-order valence-electron chi connectivity index (χ3n) is 3.99. The molecule has 0 aliphatic carbocycles. The van der Waals surface area contributed by atoms with Crippen molar-refractivity contribution in [2.45, 2.75) is 39.9 Å². The first kappa shape index (κ1) is 14.5. The summed E-state index contributed by atoms with van der Waals surface area (Å²) in [5.41, 5.74) is 1.93. The maximum atomic E-state index is 12.4. The van der Waals surface area contributed by atoms with Crippen molar-refractivity contribution in [1.29, 1.82) is 0 Å². The van der Waals surface area contributed by atoms with Crippen LogP contribution in [0, 0.1) is 18.8 Å². The zero-order chi connectivity index (χ0) is 14.2. The molecule has 1 aliphatic heterocycles. The van der Waals surface area contributed by atoms with E-state index in [1.807, 2.05) is 39.0 Å². The van der Waals surface area contributed by atoms with Gasteiger partial charge in [0.2, 0.25) is 5.91 Å². The van der Waals surface area contributed by atoms with Crippen LogP contribution in [-0.2, 0) is 9.53 Å². The number of nitrogens with one attached hydrogen (secondary N) is 1. The first-order valence-electron chi connectivity index (χ1n) is 6.63. The van der Waals surface area contributed by atoms with E-state index < -0.39 is 0 Å². The number of carbonyl (C=O) groups is 1. The molecule has 1 aliphatic rings. The normalized spacial score (nSPS) is 30.4. The first-order chi connectivity index (χ1) is 8.91. The number of rotatable bonds is 2. The SMILES string of the molecule is Cc1cccc(NC(=O)C2C(C)OC(C)C2C)c1Br. The first-order valence-corrected chi connectivity index (χ1v) is 7.42. The lowest BCUT2D eigenvalue weighted by Gasteiger charge is -2.18. The van der Waals surface area contributed by atoms with Crippen LogP contribution in [0.4, 0.5) is 5.69 Å². The molecule has 19 heavy (non-hydrogen) atoms. The minimum Gasteiger partial charge on any atom is -0.374 e. The summed E-state index contributed by atoms with van der Waals surface area (Å²) in [5, 5.41) is 3.01. The number of halogens is 1. The number of aryl methyl sites for hydroxylation is 1. The van der Waals surface area contributed by atoms with Crippen LogP contribution in [0.1, 0.15) is 26.3 Å². The minimum absolute atomic E-state index is 0.0337. The molecule has 0 bridgehead atoms. The van der Waals surface area contributed by atoms with Gasteiger partial charge < -0.3 is 10.1 Å². The van der Waals surface area contributed by atoms with Gasteiger partial charge in [-0.2, -0.15) is 0 Å². The van der Waals surface area contributed by atoms with Crippen molar-refractivity contribution in [3.05, 3.63) is 28.2 Å². The zero-order valence-corrected chi connectivity index (χ0v) is 13.3. The van der Waals surface area contributed by atoms with Crippen molar-refractivity contribution < 1.29 is 9.53 Å². The van der Waals surface area contributed by atoms with Crippen molar-refractivity contribution >= 4 is 27.5 Å². The molecule has 1 heterocycles. The number of hydrogen-bond donors (Lipinski definition) is 1. The van der Waals surface area contributed by atoms with Crippen molar-refractivity contribution in [2.24, 2.45) is 11.8 Å². The third-order valence-corrected chi connectivity index (χ3v) is 5.05. The summed E-state index contributed by atoms with van der Waals surface area (Å²) >= 11 is 3.51. The van der Waals surface area contributed by atoms with E-state index in [4.69, 9.17) is 4.74 Å². The number of amides is 1. The zero-order valence-electron chi connectivity index (χ0n) is 11.7. The Morgan fingerprint density at radius 3 is 2.53 bits per heavy atom. The molecule has 1 aromatic carbocycles. The Morgan fingerprint density at radius 1 is 1.26 bits per heavy atom. The number of hydrogen-bond acceptors (Lipinski definition) is 2. The van der Waals surface area contributed by atoms with Gasteiger partial charge in [0.1, 0.15) is 0 Å². The third kappa shape index (κ3) is 2.84. The molecule has 2 rings (SSSR count). The Kier molecular flexibility index (Phi) is 4.31. The predicted octanol–water partition coefficient (Wildman–Crippen LogP) is 3.76. The van der Waals surface area contributed by atoms with Gasteiger partial charge in [0.05, 0.1) is 23.8 Å². The summed E-state index contributed by atoms with van der Waals surface area (Å²) in [6.07, 6.45) is 0.0975. The van der Waals surface area contributed by atoms with E-state index in [-0.39, 0.29) is 30.0 Å². The number of benzene rings is 1. The molecule has 1 N–H and O–H groups in total. The monoisotopic (exact) mass is 325 g/mol. The Bertz CT molecular complexity index is 489. The predicted molar refractivity (Wildman–Crippen MR) is 80.2 cm³/mol. The summed E-state index contributed by atoms with van der Waals surface area (Å²) in [5.74, 6) is 0.177. The largest absolute Gasteiger partial charge is 0.374 e. The fourth-order valence-electron chi connectivity index (χ4n) is 2.68. The lowest BCUT2D eigenvalue weighted by molar-refractivity contribution is -0.121. The molecule has 1 fully saturated rings. The second-order valence-corrected chi connectivity index (χ2v) is 6.15. The van der Waals surface area contributed by atoms with Gasteiger partial charge in [-0.1, -0.05) is 19.1 Å². The number of ether oxygens (including phenoxy) is 1. The maximum Gasteiger partial charge on any atom is 0.230 e. The maximum absolute atomic E-state index is 12.4. The van der Waals surface area contributed by atoms with Crippen LogP contribution in [0.2, 0.25) is 0 Å². The second kappa shape index (κ2) is 5.63. The van der Waals surface area contributed by atoms with Crippen LogP contribution >= 0.6 is 15.9 Å². The molecule has 0 saturated carbocycles. The van der Waals surface area contributed by atoms with Crippen LogP contribution < -0.4 is 5.32 Å². The lowest BCUT2D eigenvalue weighted by atomic mass is 9.89. The fourth-order valence-corrected chi connectivity index (χ4v) is 3.04. The van der Waals surface area contributed by atoms with E-state index in [2.05, 4.69) is 28.2 Å². The van der Waals surface area contributed by atoms with Crippen LogP contribution in [-0.4, -0.2) is 18.1 Å². The smallest absolute Gasteiger partial charge is 0.230 e. The highest BCUT2D eigenvalue weighted by molar-refractivity contribution is 9.10. The molecule has 3 nitrogen and oxygen atoms in total. The fraction of sp³-hybridized carbons (Fsp3) is 0.533. The van der Waals surface area contributed by atoms with E-state index in [9.17, 15) is 4.79 Å². The average Bonchev–Trinajstić information content (AvgIpc) is 2.59. The molecule has 0 radical (unpaired) electrons. The molecule has 1 saturated heterocycles. The van der Waals surface area contributed by atoms with Crippen molar-refractivity contribution in [3.8, 4) is 0 Å². The van der Waals surface area contributed by atoms with Gasteiger partial charge in [-0.3, -0.25) is 4.79 Å². The van der Waals surface area contributed by atoms with Gasteiger partial charge >= 0.3 is 0 Å². The second-order valence-electron chi connectivity index (χ2n) is 5.36. The number of anilines is 1. The quantitative estimate of drug-likeness (QED) is 0.899. The van der Waals surface area contributed by atoms with Gasteiger partial charge in [0.15, 0.2) is 0 Å². The van der Waals surface area contributed by atoms with Gasteiger partial charge in [-0.15, -0.1) is 0 Å². The summed E-state index contributed by atoms with van der Waals surface area (Å²) < 4.78 is 6.67. The lowest BCUT2D eigenvalue weighted by Crippen LogP contribution is -2.32. The average molecular weight is 326 g/mol. The Balaban J connectivity index is 2.15. The van der Waals surface area contributed by atoms with Gasteiger partial charge in [-0.05, 0) is 54.2 Å². The highest BCUT2D eigenvalue weighted by Crippen LogP contribution is 2.34. The number of carbonyl (C=O) groups excluding carboxylic acids is 1. The highest BCUT2D eigenvalue weighted by Gasteiger charge is 2.41. The minimum atomic E-state index is -0.0950. The van der Waals surface area contributed by atoms with Crippen molar-refractivity contribution in [2.75, 3.05) is 5.32 Å². The van der Waals surface area contributed by atoms with Crippen LogP contribution in [0.3, 0.4) is 0 Å². The van der Waals surface area contributed by atoms with Crippen LogP contribution in [0.5, 0.6) is 0 Å². The van der Waals surface area contributed by atoms with E-state index in [1.54, 1.807) is 0 Å². The molecule has 1 amide bonds. The topological polar surface area (TPSA) is 38.3 Å². The van der Waals surface area contributed by atoms with E-state index in [1.165, 1.54) is 0 Å². The summed E-state index contributed by atoms with van der Waals surface area (Å²) in [4.78, 5) is 12.4. The Morgan fingerprint density at radius 2 is 1.95 bits per heavy atom. The molecule has 1 aromatic rings. The van der Waals surface area contributed by atoms with Crippen molar-refractivity contribution in [1.82, 2.24) is 0 Å². The summed E-state index contributed by atoms with van der Waals surface area (Å²) in [6, 6.07) is 5.85. The summed E-state index contributed by atoms with van der Waals surface area (Å²) in [7, 11) is 0. The van der Waals surface area contributed by atoms with E-state index in [0.29, 0.717) is 0 Å². The van der Waals surface area contributed by atoms with Crippen LogP contribution in [0.15, 0.2) is 22.7 Å². The Hall–Kier alpha value is -0.870. The van der Waals surface area contributed by atoms with E-state index in [0.717, 1.165) is 15.7 Å². The molecule has 4 heteroatoms. The Labute approximate surface area is 122 Å².